The lowest BCUT2D eigenvalue weighted by Gasteiger charge is -2.26. The molecule has 0 bridgehead atoms. The maximum Gasteiger partial charge on any atom is 0.255 e. The van der Waals surface area contributed by atoms with Crippen LogP contribution in [0.15, 0.2) is 71.1 Å². The van der Waals surface area contributed by atoms with Crippen LogP contribution in [-0.4, -0.2) is 55.2 Å². The zero-order chi connectivity index (χ0) is 25.6. The molecule has 1 atom stereocenters. The Morgan fingerprint density at radius 3 is 2.70 bits per heavy atom. The molecule has 1 saturated heterocycles. The van der Waals surface area contributed by atoms with Gasteiger partial charge in [0.2, 0.25) is 0 Å². The first kappa shape index (κ1) is 25.5. The molecule has 5 rings (SSSR count). The predicted octanol–water partition coefficient (Wildman–Crippen LogP) is 5.73. The first-order valence-electron chi connectivity index (χ1n) is 12.4. The van der Waals surface area contributed by atoms with Gasteiger partial charge in [0.05, 0.1) is 34.8 Å². The fraction of sp³-hybridized carbons (Fsp3) is 0.286. The molecule has 4 aromatic rings. The van der Waals surface area contributed by atoms with Gasteiger partial charge in [-0.2, -0.15) is 0 Å². The summed E-state index contributed by atoms with van der Waals surface area (Å²) in [7, 11) is 0. The van der Waals surface area contributed by atoms with E-state index in [4.69, 9.17) is 15.5 Å². The van der Waals surface area contributed by atoms with E-state index < -0.39 is 0 Å². The van der Waals surface area contributed by atoms with Crippen LogP contribution in [0, 0.1) is 0 Å². The SMILES string of the molecule is CC(Sc1nc2ccc(NCCN3CCOCC3)cc2s1)c1ccc(C(=O)Nc2ccccc2N)cc1. The molecule has 1 aliphatic heterocycles. The van der Waals surface area contributed by atoms with E-state index in [9.17, 15) is 4.79 Å². The number of benzene rings is 3. The molecule has 37 heavy (non-hydrogen) atoms. The highest BCUT2D eigenvalue weighted by molar-refractivity contribution is 8.01. The zero-order valence-corrected chi connectivity index (χ0v) is 22.4. The van der Waals surface area contributed by atoms with Crippen LogP contribution in [0.25, 0.3) is 10.2 Å². The number of nitrogens with zero attached hydrogens (tertiary/aromatic N) is 2. The van der Waals surface area contributed by atoms with E-state index in [-0.39, 0.29) is 11.2 Å². The quantitative estimate of drug-likeness (QED) is 0.187. The van der Waals surface area contributed by atoms with E-state index >= 15 is 0 Å². The van der Waals surface area contributed by atoms with E-state index in [1.165, 1.54) is 4.70 Å². The Labute approximate surface area is 225 Å². The zero-order valence-electron chi connectivity index (χ0n) is 20.8. The summed E-state index contributed by atoms with van der Waals surface area (Å²) in [5.41, 5.74) is 11.0. The van der Waals surface area contributed by atoms with E-state index in [1.807, 2.05) is 36.4 Å². The van der Waals surface area contributed by atoms with Gasteiger partial charge in [0.1, 0.15) is 0 Å². The van der Waals surface area contributed by atoms with Gasteiger partial charge in [-0.25, -0.2) is 4.98 Å². The average Bonchev–Trinajstić information content (AvgIpc) is 3.32. The number of anilines is 3. The number of nitrogen functional groups attached to an aromatic ring is 1. The Morgan fingerprint density at radius 1 is 1.14 bits per heavy atom. The third-order valence-electron chi connectivity index (χ3n) is 6.36. The smallest absolute Gasteiger partial charge is 0.255 e. The summed E-state index contributed by atoms with van der Waals surface area (Å²) in [5.74, 6) is -0.176. The molecule has 192 valence electrons. The van der Waals surface area contributed by atoms with Crippen molar-refractivity contribution in [1.29, 1.82) is 0 Å². The molecule has 1 aromatic heterocycles. The first-order valence-corrected chi connectivity index (χ1v) is 14.1. The fourth-order valence-electron chi connectivity index (χ4n) is 4.18. The van der Waals surface area contributed by atoms with Crippen molar-refractivity contribution < 1.29 is 9.53 Å². The minimum Gasteiger partial charge on any atom is -0.397 e. The topological polar surface area (TPSA) is 92.5 Å². The lowest BCUT2D eigenvalue weighted by atomic mass is 10.1. The molecule has 0 spiro atoms. The van der Waals surface area contributed by atoms with Gasteiger partial charge in [-0.15, -0.1) is 11.3 Å². The van der Waals surface area contributed by atoms with Crippen molar-refractivity contribution in [1.82, 2.24) is 9.88 Å². The Morgan fingerprint density at radius 2 is 1.92 bits per heavy atom. The molecule has 2 heterocycles. The second-order valence-electron chi connectivity index (χ2n) is 8.97. The molecule has 1 unspecified atom stereocenters. The number of aromatic nitrogens is 1. The molecule has 3 aromatic carbocycles. The van der Waals surface area contributed by atoms with Gasteiger partial charge >= 0.3 is 0 Å². The molecule has 1 aliphatic rings. The van der Waals surface area contributed by atoms with Crippen molar-refractivity contribution in [3.63, 3.8) is 0 Å². The second kappa shape index (κ2) is 12.0. The lowest BCUT2D eigenvalue weighted by molar-refractivity contribution is 0.0398. The van der Waals surface area contributed by atoms with Crippen molar-refractivity contribution in [3.8, 4) is 0 Å². The van der Waals surface area contributed by atoms with Crippen LogP contribution in [0.4, 0.5) is 17.1 Å². The first-order chi connectivity index (χ1) is 18.0. The van der Waals surface area contributed by atoms with Gasteiger partial charge in [-0.3, -0.25) is 9.69 Å². The van der Waals surface area contributed by atoms with Gasteiger partial charge < -0.3 is 21.1 Å². The van der Waals surface area contributed by atoms with E-state index in [0.29, 0.717) is 16.9 Å². The molecule has 1 fully saturated rings. The maximum absolute atomic E-state index is 12.6. The number of rotatable bonds is 9. The molecule has 1 amide bonds. The summed E-state index contributed by atoms with van der Waals surface area (Å²) in [6, 6.07) is 21.3. The largest absolute Gasteiger partial charge is 0.397 e. The number of nitrogens with one attached hydrogen (secondary N) is 2. The van der Waals surface area contributed by atoms with Crippen molar-refractivity contribution in [2.24, 2.45) is 0 Å². The molecule has 0 radical (unpaired) electrons. The van der Waals surface area contributed by atoms with Gasteiger partial charge in [-0.1, -0.05) is 36.0 Å². The summed E-state index contributed by atoms with van der Waals surface area (Å²) in [6.45, 7) is 7.76. The van der Waals surface area contributed by atoms with Crippen molar-refractivity contribution in [3.05, 3.63) is 77.9 Å². The Bertz CT molecular complexity index is 1350. The van der Waals surface area contributed by atoms with Crippen LogP contribution in [0.1, 0.15) is 28.1 Å². The minimum absolute atomic E-state index is 0.176. The monoisotopic (exact) mass is 533 g/mol. The van der Waals surface area contributed by atoms with Crippen LogP contribution in [-0.2, 0) is 4.74 Å². The Hall–Kier alpha value is -3.11. The number of ether oxygens (including phenoxy) is 1. The number of hydrogen-bond donors (Lipinski definition) is 3. The highest BCUT2D eigenvalue weighted by atomic mass is 32.2. The Kier molecular flexibility index (Phi) is 8.25. The summed E-state index contributed by atoms with van der Waals surface area (Å²) >= 11 is 3.45. The fourth-order valence-corrected chi connectivity index (χ4v) is 6.55. The molecule has 0 saturated carbocycles. The van der Waals surface area contributed by atoms with E-state index in [1.54, 1.807) is 35.2 Å². The van der Waals surface area contributed by atoms with Crippen molar-refractivity contribution in [2.75, 3.05) is 55.8 Å². The van der Waals surface area contributed by atoms with Crippen molar-refractivity contribution >= 4 is 56.3 Å². The second-order valence-corrected chi connectivity index (χ2v) is 11.6. The van der Waals surface area contributed by atoms with Crippen LogP contribution < -0.4 is 16.4 Å². The number of hydrogen-bond acceptors (Lipinski definition) is 8. The molecular formula is C28H31N5O2S2. The van der Waals surface area contributed by atoms with Gasteiger partial charge in [0.15, 0.2) is 4.34 Å². The van der Waals surface area contributed by atoms with Crippen LogP contribution in [0.3, 0.4) is 0 Å². The third-order valence-corrected chi connectivity index (χ3v) is 8.63. The number of carbonyl (C=O) groups excluding carboxylic acids is 1. The molecule has 0 aliphatic carbocycles. The number of morpholine rings is 1. The highest BCUT2D eigenvalue weighted by Crippen LogP contribution is 2.39. The summed E-state index contributed by atoms with van der Waals surface area (Å²) < 4.78 is 7.63. The molecule has 4 N–H and O–H groups in total. The van der Waals surface area contributed by atoms with E-state index in [2.05, 4.69) is 40.7 Å². The Balaban J connectivity index is 1.17. The predicted molar refractivity (Wildman–Crippen MR) is 155 cm³/mol. The standard InChI is InChI=1S/C28H31N5O2S2/c1-19(20-6-8-21(9-7-20)27(34)31-24-5-3-2-4-23(24)29)36-28-32-25-11-10-22(18-26(25)37-28)30-12-13-33-14-16-35-17-15-33/h2-11,18-19,30H,12-17,29H2,1H3,(H,31,34). The van der Waals surface area contributed by atoms with Crippen molar-refractivity contribution in [2.45, 2.75) is 16.5 Å². The highest BCUT2D eigenvalue weighted by Gasteiger charge is 2.14. The maximum atomic E-state index is 12.6. The number of nitrogens with two attached hydrogens (primary N) is 1. The van der Waals surface area contributed by atoms with Crippen LogP contribution in [0.2, 0.25) is 0 Å². The van der Waals surface area contributed by atoms with Gasteiger partial charge in [-0.05, 0) is 55.0 Å². The number of carbonyl (C=O) groups is 1. The molecule has 7 nitrogen and oxygen atoms in total. The van der Waals surface area contributed by atoms with Crippen LogP contribution >= 0.6 is 23.1 Å². The normalized spacial score (nSPS) is 14.9. The van der Waals surface area contributed by atoms with E-state index in [0.717, 1.165) is 60.5 Å². The molecule has 9 heteroatoms. The number of para-hydroxylation sites is 2. The van der Waals surface area contributed by atoms with Gasteiger partial charge in [0, 0.05) is 42.7 Å². The van der Waals surface area contributed by atoms with Crippen LogP contribution in [0.5, 0.6) is 0 Å². The average molecular weight is 534 g/mol. The summed E-state index contributed by atoms with van der Waals surface area (Å²) in [5, 5.41) is 6.62. The third kappa shape index (κ3) is 6.61. The molecular weight excluding hydrogens is 502 g/mol. The number of thiazole rings is 1. The lowest BCUT2D eigenvalue weighted by Crippen LogP contribution is -2.38. The number of amides is 1. The van der Waals surface area contributed by atoms with Gasteiger partial charge in [0.25, 0.3) is 5.91 Å². The summed E-state index contributed by atoms with van der Waals surface area (Å²) in [6.07, 6.45) is 0. The summed E-state index contributed by atoms with van der Waals surface area (Å²) in [4.78, 5) is 19.9. The number of fused-ring (bicyclic) bond motifs is 1. The minimum atomic E-state index is -0.176. The number of thioether (sulfide) groups is 1.